The minimum absolute atomic E-state index is 0. The third kappa shape index (κ3) is 2.24. The minimum atomic E-state index is 0. The maximum Gasteiger partial charge on any atom is 1.00 e. The van der Waals surface area contributed by atoms with Crippen molar-refractivity contribution in [3.63, 3.8) is 0 Å². The molecule has 0 saturated carbocycles. The third-order valence-corrected chi connectivity index (χ3v) is 3.02. The van der Waals surface area contributed by atoms with Crippen LogP contribution in [-0.4, -0.2) is 0 Å². The second kappa shape index (κ2) is 5.46. The molecule has 1 aliphatic rings. The van der Waals surface area contributed by atoms with Gasteiger partial charge in [0.1, 0.15) is 5.69 Å². The first-order valence-corrected chi connectivity index (χ1v) is 5.42. The van der Waals surface area contributed by atoms with Gasteiger partial charge in [0.25, 0.3) is 0 Å². The topological polar surface area (TPSA) is 62.3 Å². The van der Waals surface area contributed by atoms with Crippen molar-refractivity contribution in [1.82, 2.24) is 4.91 Å². The number of rotatable bonds is 2. The van der Waals surface area contributed by atoms with Crippen molar-refractivity contribution < 1.29 is 31.0 Å². The zero-order chi connectivity index (χ0) is 11.7. The van der Waals surface area contributed by atoms with Gasteiger partial charge in [0.05, 0.1) is 4.91 Å². The van der Waals surface area contributed by atoms with E-state index in [2.05, 4.69) is 52.0 Å². The summed E-state index contributed by atoms with van der Waals surface area (Å²) in [6.45, 7) is 0. The first kappa shape index (κ1) is 13.0. The third-order valence-electron chi connectivity index (χ3n) is 3.02. The molecule has 2 aromatic rings. The predicted octanol–water partition coefficient (Wildman–Crippen LogP) is 0.252. The molecule has 0 amide bonds. The van der Waals surface area contributed by atoms with E-state index in [9.17, 15) is 0 Å². The Kier molecular flexibility index (Phi) is 3.94. The molecule has 0 spiro atoms. The van der Waals surface area contributed by atoms with E-state index in [1.807, 2.05) is 6.07 Å². The average Bonchev–Trinajstić information content (AvgIpc) is 2.74. The van der Waals surface area contributed by atoms with Crippen molar-refractivity contribution in [3.05, 3.63) is 53.6 Å². The summed E-state index contributed by atoms with van der Waals surface area (Å²) in [5.74, 6) is 0. The van der Waals surface area contributed by atoms with Crippen LogP contribution in [0.1, 0.15) is 12.6 Å². The number of nitrogens with zero attached hydrogens (tertiary/aromatic N) is 2. The second-order valence-corrected chi connectivity index (χ2v) is 4.02. The minimum Gasteiger partial charge on any atom is -1.00 e. The molecular formula is C13H12N4Na+. The Morgan fingerprint density at radius 2 is 1.89 bits per heavy atom. The maximum absolute atomic E-state index is 6.61. The van der Waals surface area contributed by atoms with Gasteiger partial charge >= 0.3 is 29.6 Å². The summed E-state index contributed by atoms with van der Waals surface area (Å²) in [4.78, 5) is 2.93. The first-order chi connectivity index (χ1) is 8.38. The molecular weight excluding hydrogens is 235 g/mol. The van der Waals surface area contributed by atoms with Crippen molar-refractivity contribution in [2.75, 3.05) is 5.43 Å². The molecule has 0 aliphatic heterocycles. The molecule has 3 rings (SSSR count). The Hall–Kier alpha value is -1.45. The number of benzene rings is 2. The Morgan fingerprint density at radius 1 is 1.11 bits per heavy atom. The zero-order valence-electron chi connectivity index (χ0n) is 11.1. The van der Waals surface area contributed by atoms with Crippen molar-refractivity contribution in [3.8, 4) is 11.1 Å². The van der Waals surface area contributed by atoms with E-state index in [0.29, 0.717) is 0 Å². The van der Waals surface area contributed by atoms with Crippen LogP contribution in [0.5, 0.6) is 0 Å². The molecule has 0 atom stereocenters. The molecule has 0 radical (unpaired) electrons. The molecule has 1 aliphatic carbocycles. The fraction of sp³-hybridized carbons (Fsp3) is 0.0769. The van der Waals surface area contributed by atoms with Gasteiger partial charge in [-0.3, -0.25) is 0 Å². The van der Waals surface area contributed by atoms with Gasteiger partial charge in [0.15, 0.2) is 0 Å². The summed E-state index contributed by atoms with van der Waals surface area (Å²) in [6, 6.07) is 14.5. The molecule has 0 saturated heterocycles. The Morgan fingerprint density at radius 3 is 2.72 bits per heavy atom. The van der Waals surface area contributed by atoms with Gasteiger partial charge in [0.2, 0.25) is 5.22 Å². The van der Waals surface area contributed by atoms with Crippen LogP contribution >= 0.6 is 0 Å². The van der Waals surface area contributed by atoms with E-state index < -0.39 is 0 Å². The van der Waals surface area contributed by atoms with E-state index in [-0.39, 0.29) is 31.0 Å². The standard InChI is InChI=1S/C13H10N4.Na.H/c14-16-17-15-11-5-6-13-10(8-11)7-9-3-1-2-4-12(9)13;;/h1-6,8,14H,7H2;;/q;+1;-1/p+1. The molecule has 84 valence electrons. The molecule has 18 heavy (non-hydrogen) atoms. The largest absolute Gasteiger partial charge is 1.00 e. The van der Waals surface area contributed by atoms with Crippen molar-refractivity contribution in [1.29, 1.82) is 5.53 Å². The summed E-state index contributed by atoms with van der Waals surface area (Å²) in [6.07, 6.45) is 0.957. The summed E-state index contributed by atoms with van der Waals surface area (Å²) >= 11 is 0. The summed E-state index contributed by atoms with van der Waals surface area (Å²) in [5, 5.41) is 3.46. The van der Waals surface area contributed by atoms with Crippen LogP contribution in [0.25, 0.3) is 11.1 Å². The zero-order valence-corrected chi connectivity index (χ0v) is 12.1. The number of fused-ring (bicyclic) bond motifs is 3. The number of hydrogen-bond donors (Lipinski definition) is 2. The van der Waals surface area contributed by atoms with Crippen molar-refractivity contribution >= 4 is 5.69 Å². The second-order valence-electron chi connectivity index (χ2n) is 4.02. The van der Waals surface area contributed by atoms with E-state index in [1.54, 1.807) is 0 Å². The van der Waals surface area contributed by atoms with Gasteiger partial charge in [-0.15, -0.1) is 5.43 Å². The molecule has 0 heterocycles. The number of nitrogens with one attached hydrogen (secondary N) is 2. The molecule has 2 N–H and O–H groups in total. The Balaban J connectivity index is 0.000000902. The van der Waals surface area contributed by atoms with E-state index in [1.165, 1.54) is 22.3 Å². The fourth-order valence-electron chi connectivity index (χ4n) is 2.30. The molecule has 0 aromatic heterocycles. The van der Waals surface area contributed by atoms with Crippen LogP contribution in [-0.2, 0) is 6.42 Å². The first-order valence-electron chi connectivity index (χ1n) is 5.42. The predicted molar refractivity (Wildman–Crippen MR) is 66.7 cm³/mol. The van der Waals surface area contributed by atoms with Crippen LogP contribution in [0, 0.1) is 5.53 Å². The van der Waals surface area contributed by atoms with E-state index in [4.69, 9.17) is 5.53 Å². The summed E-state index contributed by atoms with van der Waals surface area (Å²) < 4.78 is 0. The summed E-state index contributed by atoms with van der Waals surface area (Å²) in [7, 11) is 0. The van der Waals surface area contributed by atoms with Gasteiger partial charge in [-0.25, -0.2) is 0 Å². The molecule has 2 aromatic carbocycles. The maximum atomic E-state index is 6.61. The molecule has 0 unspecified atom stereocenters. The van der Waals surface area contributed by atoms with E-state index in [0.717, 1.165) is 12.1 Å². The molecule has 0 bridgehead atoms. The average molecular weight is 247 g/mol. The monoisotopic (exact) mass is 247 g/mol. The Labute approximate surface area is 128 Å². The van der Waals surface area contributed by atoms with Crippen molar-refractivity contribution in [2.24, 2.45) is 5.22 Å². The fourth-order valence-corrected chi connectivity index (χ4v) is 2.30. The molecule has 4 nitrogen and oxygen atoms in total. The molecule has 0 fully saturated rings. The van der Waals surface area contributed by atoms with Crippen LogP contribution in [0.3, 0.4) is 0 Å². The number of anilines is 1. The SMILES string of the molecule is N=[N+]=NNc1ccc2c(c1)Cc1ccccc1-2.[H-].[Na+]. The summed E-state index contributed by atoms with van der Waals surface area (Å²) in [5.41, 5.74) is 15.4. The van der Waals surface area contributed by atoms with Gasteiger partial charge in [-0.2, -0.15) is 0 Å². The van der Waals surface area contributed by atoms with Crippen LogP contribution in [0.2, 0.25) is 0 Å². The molecule has 5 heteroatoms. The normalized spacial score (nSPS) is 10.7. The van der Waals surface area contributed by atoms with E-state index >= 15 is 0 Å². The Bertz CT molecular complexity index is 638. The smallest absolute Gasteiger partial charge is 1.00 e. The number of hydrogen-bond acceptors (Lipinski definition) is 2. The van der Waals surface area contributed by atoms with Gasteiger partial charge in [-0.1, -0.05) is 24.3 Å². The van der Waals surface area contributed by atoms with Crippen LogP contribution in [0.15, 0.2) is 47.7 Å². The van der Waals surface area contributed by atoms with Crippen LogP contribution < -0.4 is 39.9 Å². The van der Waals surface area contributed by atoms with Gasteiger partial charge in [0, 0.05) is 0 Å². The van der Waals surface area contributed by atoms with Gasteiger partial charge < -0.3 is 1.43 Å². The van der Waals surface area contributed by atoms with Crippen LogP contribution in [0.4, 0.5) is 5.69 Å². The van der Waals surface area contributed by atoms with Gasteiger partial charge in [-0.05, 0) is 52.4 Å². The van der Waals surface area contributed by atoms with Crippen molar-refractivity contribution in [2.45, 2.75) is 6.42 Å². The quantitative estimate of drug-likeness (QED) is 0.290.